The van der Waals surface area contributed by atoms with Crippen molar-refractivity contribution >= 4 is 45.8 Å². The Labute approximate surface area is 257 Å². The number of halogens is 2. The molecule has 0 aliphatic carbocycles. The molecule has 3 aliphatic rings. The molecular formula is C31H41Cl2N7O2. The molecule has 9 nitrogen and oxygen atoms in total. The summed E-state index contributed by atoms with van der Waals surface area (Å²) in [6, 6.07) is 2.01. The van der Waals surface area contributed by atoms with Crippen LogP contribution in [-0.2, 0) is 9.53 Å². The molecule has 3 aliphatic heterocycles. The summed E-state index contributed by atoms with van der Waals surface area (Å²) < 4.78 is 7.76. The van der Waals surface area contributed by atoms with Crippen molar-refractivity contribution < 1.29 is 9.53 Å². The number of anilines is 1. The van der Waals surface area contributed by atoms with E-state index in [-0.39, 0.29) is 17.5 Å². The molecule has 0 unspecified atom stereocenters. The third kappa shape index (κ3) is 5.45. The van der Waals surface area contributed by atoms with Gasteiger partial charge in [0, 0.05) is 67.0 Å². The van der Waals surface area contributed by atoms with Gasteiger partial charge in [0.1, 0.15) is 0 Å². The molecule has 0 radical (unpaired) electrons. The first kappa shape index (κ1) is 29.5. The zero-order chi connectivity index (χ0) is 29.6. The van der Waals surface area contributed by atoms with Crippen LogP contribution < -0.4 is 4.90 Å². The number of morpholine rings is 1. The van der Waals surface area contributed by atoms with Crippen LogP contribution in [0, 0.1) is 12.8 Å². The first-order chi connectivity index (χ1) is 20.2. The van der Waals surface area contributed by atoms with Crippen molar-refractivity contribution in [3.05, 3.63) is 40.7 Å². The number of fused-ring (bicyclic) bond motifs is 1. The van der Waals surface area contributed by atoms with Crippen molar-refractivity contribution in [3.8, 4) is 11.1 Å². The van der Waals surface area contributed by atoms with E-state index in [0.717, 1.165) is 98.6 Å². The number of amides is 1. The summed E-state index contributed by atoms with van der Waals surface area (Å²) in [5, 5.41) is 14.7. The number of rotatable bonds is 6. The number of carbonyl (C=O) groups excluding carboxylic acids is 1. The van der Waals surface area contributed by atoms with Gasteiger partial charge >= 0.3 is 0 Å². The predicted molar refractivity (Wildman–Crippen MR) is 169 cm³/mol. The minimum Gasteiger partial charge on any atom is -0.379 e. The first-order valence-electron chi connectivity index (χ1n) is 15.1. The van der Waals surface area contributed by atoms with E-state index in [1.807, 2.05) is 17.2 Å². The number of aromatic amines is 1. The zero-order valence-electron chi connectivity index (χ0n) is 24.8. The smallest absolute Gasteiger partial charge is 0.245 e. The topological polar surface area (TPSA) is 82.5 Å². The van der Waals surface area contributed by atoms with E-state index in [4.69, 9.17) is 33.0 Å². The number of benzene rings is 1. The second-order valence-corrected chi connectivity index (χ2v) is 13.4. The molecule has 226 valence electrons. The number of nitrogens with zero attached hydrogens (tertiary/aromatic N) is 6. The number of nitrogens with one attached hydrogen (secondary N) is 1. The molecule has 3 fully saturated rings. The fourth-order valence-corrected chi connectivity index (χ4v) is 7.76. The highest BCUT2D eigenvalue weighted by atomic mass is 35.5. The van der Waals surface area contributed by atoms with Gasteiger partial charge in [-0.05, 0) is 64.5 Å². The highest BCUT2D eigenvalue weighted by Gasteiger charge is 2.40. The molecule has 11 heteroatoms. The van der Waals surface area contributed by atoms with Gasteiger partial charge < -0.3 is 14.5 Å². The number of hydrogen-bond donors (Lipinski definition) is 1. The number of aromatic nitrogens is 4. The molecule has 6 rings (SSSR count). The predicted octanol–water partition coefficient (Wildman–Crippen LogP) is 5.72. The van der Waals surface area contributed by atoms with Gasteiger partial charge in [0.05, 0.1) is 41.0 Å². The Morgan fingerprint density at radius 3 is 2.57 bits per heavy atom. The van der Waals surface area contributed by atoms with Crippen LogP contribution in [0.2, 0.25) is 10.0 Å². The maximum absolute atomic E-state index is 12.3. The van der Waals surface area contributed by atoms with E-state index >= 15 is 0 Å². The molecule has 1 N–H and O–H groups in total. The summed E-state index contributed by atoms with van der Waals surface area (Å²) in [4.78, 5) is 19.2. The molecule has 1 atom stereocenters. The van der Waals surface area contributed by atoms with Crippen molar-refractivity contribution in [3.63, 3.8) is 0 Å². The second-order valence-electron chi connectivity index (χ2n) is 12.6. The summed E-state index contributed by atoms with van der Waals surface area (Å²) >= 11 is 13.7. The van der Waals surface area contributed by atoms with Gasteiger partial charge in [-0.15, -0.1) is 0 Å². The lowest BCUT2D eigenvalue weighted by atomic mass is 9.82. The second kappa shape index (κ2) is 11.8. The Morgan fingerprint density at radius 1 is 1.14 bits per heavy atom. The number of carbonyl (C=O) groups is 1. The number of H-pyrrole nitrogens is 1. The van der Waals surface area contributed by atoms with Gasteiger partial charge in [-0.25, -0.2) is 0 Å². The van der Waals surface area contributed by atoms with E-state index in [2.05, 4.69) is 52.0 Å². The van der Waals surface area contributed by atoms with Crippen LogP contribution in [-0.4, -0.2) is 93.7 Å². The molecule has 0 saturated carbocycles. The average Bonchev–Trinajstić information content (AvgIpc) is 3.57. The standard InChI is InChI=1S/C31H41Cl2N7O2/c1-5-26(41)38-9-7-22(8-10-38)40-20(2)27(28-23-18-34-35-25(23)16-24(32)29(28)33)30(36-40)39-11-6-21(17-31(39,3)4)19-37-12-14-42-15-13-37/h5,16,18,21-22H,1,6-15,17,19H2,2-4H3,(H,34,35)/t21-/m0/s1. The Kier molecular flexibility index (Phi) is 8.30. The lowest BCUT2D eigenvalue weighted by molar-refractivity contribution is -0.127. The maximum Gasteiger partial charge on any atom is 0.245 e. The van der Waals surface area contributed by atoms with Crippen molar-refractivity contribution in [2.45, 2.75) is 58.0 Å². The SMILES string of the molecule is C=CC(=O)N1CCC(n2nc(N3CC[C@H](CN4CCOCC4)CC3(C)C)c(-c3c(Cl)c(Cl)cc4[nH]ncc34)c2C)CC1. The fourth-order valence-electron chi connectivity index (χ4n) is 7.31. The van der Waals surface area contributed by atoms with Gasteiger partial charge in [0.25, 0.3) is 0 Å². The normalized spacial score (nSPS) is 22.2. The molecule has 0 spiro atoms. The lowest BCUT2D eigenvalue weighted by Crippen LogP contribution is -2.53. The average molecular weight is 615 g/mol. The largest absolute Gasteiger partial charge is 0.379 e. The summed E-state index contributed by atoms with van der Waals surface area (Å²) in [6.45, 7) is 17.5. The molecule has 1 aromatic carbocycles. The number of piperidine rings is 2. The van der Waals surface area contributed by atoms with Gasteiger partial charge in [-0.3, -0.25) is 19.5 Å². The lowest BCUT2D eigenvalue weighted by Gasteiger charge is -2.47. The number of likely N-dealkylation sites (tertiary alicyclic amines) is 1. The minimum atomic E-state index is -0.115. The molecule has 3 saturated heterocycles. The molecule has 2 aromatic heterocycles. The molecule has 1 amide bonds. The van der Waals surface area contributed by atoms with Crippen LogP contribution in [0.15, 0.2) is 24.9 Å². The van der Waals surface area contributed by atoms with Crippen molar-refractivity contribution in [2.24, 2.45) is 5.92 Å². The highest BCUT2D eigenvalue weighted by Crippen LogP contribution is 2.48. The molecule has 0 bridgehead atoms. The third-order valence-electron chi connectivity index (χ3n) is 9.47. The number of ether oxygens (including phenoxy) is 1. The first-order valence-corrected chi connectivity index (χ1v) is 15.8. The molecule has 5 heterocycles. The zero-order valence-corrected chi connectivity index (χ0v) is 26.3. The fraction of sp³-hybridized carbons (Fsp3) is 0.581. The quantitative estimate of drug-likeness (QED) is 0.358. The van der Waals surface area contributed by atoms with Crippen LogP contribution in [0.3, 0.4) is 0 Å². The highest BCUT2D eigenvalue weighted by molar-refractivity contribution is 6.45. The third-order valence-corrected chi connectivity index (χ3v) is 10.3. The molecule has 42 heavy (non-hydrogen) atoms. The van der Waals surface area contributed by atoms with Crippen molar-refractivity contribution in [1.82, 2.24) is 29.8 Å². The van der Waals surface area contributed by atoms with E-state index in [0.29, 0.717) is 29.1 Å². The summed E-state index contributed by atoms with van der Waals surface area (Å²) in [5.74, 6) is 1.54. The van der Waals surface area contributed by atoms with E-state index in [9.17, 15) is 4.79 Å². The summed E-state index contributed by atoms with van der Waals surface area (Å²) in [7, 11) is 0. The molecule has 3 aromatic rings. The monoisotopic (exact) mass is 613 g/mol. The summed E-state index contributed by atoms with van der Waals surface area (Å²) in [5.41, 5.74) is 3.67. The van der Waals surface area contributed by atoms with Gasteiger partial charge in [-0.2, -0.15) is 10.2 Å². The number of hydrogen-bond acceptors (Lipinski definition) is 6. The Morgan fingerprint density at radius 2 is 1.88 bits per heavy atom. The maximum atomic E-state index is 12.3. The van der Waals surface area contributed by atoms with Gasteiger partial charge in [0.2, 0.25) is 5.91 Å². The van der Waals surface area contributed by atoms with Crippen LogP contribution >= 0.6 is 23.2 Å². The van der Waals surface area contributed by atoms with E-state index < -0.39 is 0 Å². The summed E-state index contributed by atoms with van der Waals surface area (Å²) in [6.07, 6.45) is 7.05. The minimum absolute atomic E-state index is 0.0122. The Bertz CT molecular complexity index is 1470. The van der Waals surface area contributed by atoms with Crippen LogP contribution in [0.25, 0.3) is 22.0 Å². The van der Waals surface area contributed by atoms with Crippen molar-refractivity contribution in [2.75, 3.05) is 57.4 Å². The van der Waals surface area contributed by atoms with E-state index in [1.54, 1.807) is 0 Å². The van der Waals surface area contributed by atoms with Crippen LogP contribution in [0.1, 0.15) is 51.3 Å². The molecular weight excluding hydrogens is 573 g/mol. The van der Waals surface area contributed by atoms with Crippen molar-refractivity contribution in [1.29, 1.82) is 0 Å². The van der Waals surface area contributed by atoms with E-state index in [1.165, 1.54) is 6.08 Å². The Balaban J connectivity index is 1.39. The van der Waals surface area contributed by atoms with Gasteiger partial charge in [0.15, 0.2) is 5.82 Å². The van der Waals surface area contributed by atoms with Crippen LogP contribution in [0.5, 0.6) is 0 Å². The Hall–Kier alpha value is -2.59. The van der Waals surface area contributed by atoms with Gasteiger partial charge in [-0.1, -0.05) is 29.8 Å². The van der Waals surface area contributed by atoms with Crippen LogP contribution in [0.4, 0.5) is 5.82 Å².